The second kappa shape index (κ2) is 6.83. The van der Waals surface area contributed by atoms with Crippen LogP contribution in [0.25, 0.3) is 11.3 Å². The molecule has 0 radical (unpaired) electrons. The normalized spacial score (nSPS) is 10.3. The number of pyridine rings is 1. The van der Waals surface area contributed by atoms with Crippen molar-refractivity contribution in [1.82, 2.24) is 14.5 Å². The zero-order chi connectivity index (χ0) is 17.8. The number of anilines is 1. The van der Waals surface area contributed by atoms with Crippen LogP contribution >= 0.6 is 0 Å². The molecule has 3 rings (SSSR count). The van der Waals surface area contributed by atoms with Crippen LogP contribution in [0, 0.1) is 0 Å². The highest BCUT2D eigenvalue weighted by atomic mass is 16.5. The van der Waals surface area contributed by atoms with Crippen LogP contribution in [0.1, 0.15) is 10.4 Å². The van der Waals surface area contributed by atoms with Crippen LogP contribution in [-0.4, -0.2) is 33.6 Å². The zero-order valence-corrected chi connectivity index (χ0v) is 13.2. The molecular formula is C17H14N4O4. The highest BCUT2D eigenvalue weighted by Crippen LogP contribution is 2.19. The molecule has 0 aliphatic rings. The van der Waals surface area contributed by atoms with Gasteiger partial charge in [0, 0.05) is 23.8 Å². The number of aromatic nitrogens is 3. The molecular weight excluding hydrogens is 324 g/mol. The molecule has 2 N–H and O–H groups in total. The summed E-state index contributed by atoms with van der Waals surface area (Å²) in [6, 6.07) is 9.93. The van der Waals surface area contributed by atoms with Crippen LogP contribution in [0.15, 0.2) is 59.9 Å². The Bertz CT molecular complexity index is 959. The number of nitrogens with zero attached hydrogens (tertiary/aromatic N) is 2. The van der Waals surface area contributed by atoms with E-state index in [1.54, 1.807) is 30.3 Å². The molecule has 8 nitrogen and oxygen atoms in total. The molecule has 8 heteroatoms. The summed E-state index contributed by atoms with van der Waals surface area (Å²) in [6.45, 7) is 0. The lowest BCUT2D eigenvalue weighted by atomic mass is 10.1. The number of ether oxygens (including phenoxy) is 1. The van der Waals surface area contributed by atoms with E-state index in [1.165, 1.54) is 36.5 Å². The van der Waals surface area contributed by atoms with E-state index in [-0.39, 0.29) is 5.56 Å². The maximum atomic E-state index is 12.2. The Morgan fingerprint density at radius 2 is 1.92 bits per heavy atom. The van der Waals surface area contributed by atoms with Crippen molar-refractivity contribution in [2.45, 2.75) is 0 Å². The first-order chi connectivity index (χ1) is 12.1. The van der Waals surface area contributed by atoms with Crippen molar-refractivity contribution in [1.29, 1.82) is 0 Å². The minimum atomic E-state index is -0.566. The molecule has 0 spiro atoms. The van der Waals surface area contributed by atoms with Crippen molar-refractivity contribution in [2.75, 3.05) is 12.4 Å². The van der Waals surface area contributed by atoms with Crippen LogP contribution in [0.5, 0.6) is 0 Å². The van der Waals surface area contributed by atoms with E-state index in [1.807, 2.05) is 0 Å². The Hall–Kier alpha value is -3.68. The lowest BCUT2D eigenvalue weighted by Gasteiger charge is -2.06. The van der Waals surface area contributed by atoms with E-state index < -0.39 is 17.6 Å². The second-order valence-corrected chi connectivity index (χ2v) is 5.08. The molecule has 1 aromatic carbocycles. The van der Waals surface area contributed by atoms with Gasteiger partial charge in [-0.2, -0.15) is 0 Å². The van der Waals surface area contributed by atoms with Gasteiger partial charge in [-0.05, 0) is 29.8 Å². The maximum absolute atomic E-state index is 12.2. The molecule has 25 heavy (non-hydrogen) atoms. The standard InChI is InChI=1S/C17H14N4O4/c1-25-17(24)19-12-4-2-11(3-5-12)14-7-6-13(15(22)20-14)16(23)21-9-8-18-10-21/h2-10H,1H3,(H,19,24)(H,20,22). The predicted molar refractivity (Wildman–Crippen MR) is 90.5 cm³/mol. The molecule has 0 atom stereocenters. The maximum Gasteiger partial charge on any atom is 0.411 e. The number of carbonyl (C=O) groups excluding carboxylic acids is 2. The topological polar surface area (TPSA) is 106 Å². The van der Waals surface area contributed by atoms with Crippen molar-refractivity contribution in [2.24, 2.45) is 0 Å². The van der Waals surface area contributed by atoms with E-state index in [0.717, 1.165) is 5.56 Å². The summed E-state index contributed by atoms with van der Waals surface area (Å²) in [7, 11) is 1.28. The molecule has 2 heterocycles. The molecule has 0 unspecified atom stereocenters. The van der Waals surface area contributed by atoms with Crippen molar-refractivity contribution < 1.29 is 14.3 Å². The van der Waals surface area contributed by atoms with Gasteiger partial charge in [0.25, 0.3) is 11.5 Å². The van der Waals surface area contributed by atoms with Gasteiger partial charge in [0.2, 0.25) is 0 Å². The lowest BCUT2D eigenvalue weighted by Crippen LogP contribution is -2.22. The van der Waals surface area contributed by atoms with Gasteiger partial charge in [-0.1, -0.05) is 12.1 Å². The third-order valence-electron chi connectivity index (χ3n) is 3.51. The number of aromatic amines is 1. The Morgan fingerprint density at radius 3 is 2.52 bits per heavy atom. The van der Waals surface area contributed by atoms with Gasteiger partial charge < -0.3 is 9.72 Å². The summed E-state index contributed by atoms with van der Waals surface area (Å²) in [6.07, 6.45) is 3.71. The van der Waals surface area contributed by atoms with Gasteiger partial charge in [-0.25, -0.2) is 9.78 Å². The van der Waals surface area contributed by atoms with E-state index in [9.17, 15) is 14.4 Å². The molecule has 0 saturated heterocycles. The molecule has 0 bridgehead atoms. The van der Waals surface area contributed by atoms with Crippen molar-refractivity contribution in [3.8, 4) is 11.3 Å². The quantitative estimate of drug-likeness (QED) is 0.761. The number of imidazole rings is 1. The van der Waals surface area contributed by atoms with Crippen molar-refractivity contribution >= 4 is 17.7 Å². The van der Waals surface area contributed by atoms with Crippen LogP contribution in [0.2, 0.25) is 0 Å². The Kier molecular flexibility index (Phi) is 4.42. The molecule has 126 valence electrons. The summed E-state index contributed by atoms with van der Waals surface area (Å²) in [5, 5.41) is 2.53. The minimum Gasteiger partial charge on any atom is -0.453 e. The van der Waals surface area contributed by atoms with E-state index in [4.69, 9.17) is 0 Å². The SMILES string of the molecule is COC(=O)Nc1ccc(-c2ccc(C(=O)n3ccnc3)c(=O)[nH]2)cc1. The average Bonchev–Trinajstić information content (AvgIpc) is 3.16. The third-order valence-corrected chi connectivity index (χ3v) is 3.51. The van der Waals surface area contributed by atoms with Crippen LogP contribution in [-0.2, 0) is 4.74 Å². The van der Waals surface area contributed by atoms with Crippen LogP contribution in [0.4, 0.5) is 10.5 Å². The van der Waals surface area contributed by atoms with Gasteiger partial charge in [0.1, 0.15) is 11.9 Å². The number of nitrogens with one attached hydrogen (secondary N) is 2. The first kappa shape index (κ1) is 16.2. The smallest absolute Gasteiger partial charge is 0.411 e. The van der Waals surface area contributed by atoms with Gasteiger partial charge >= 0.3 is 6.09 Å². The number of rotatable bonds is 3. The highest BCUT2D eigenvalue weighted by Gasteiger charge is 2.13. The van der Waals surface area contributed by atoms with E-state index >= 15 is 0 Å². The molecule has 2 aromatic heterocycles. The summed E-state index contributed by atoms with van der Waals surface area (Å²) < 4.78 is 5.75. The number of carbonyl (C=O) groups is 2. The Labute approximate surface area is 142 Å². The molecule has 3 aromatic rings. The van der Waals surface area contributed by atoms with Gasteiger partial charge in [-0.3, -0.25) is 19.5 Å². The Balaban J connectivity index is 1.84. The summed E-state index contributed by atoms with van der Waals surface area (Å²) in [4.78, 5) is 42.1. The predicted octanol–water partition coefficient (Wildman–Crippen LogP) is 2.11. The van der Waals surface area contributed by atoms with Crippen molar-refractivity contribution in [3.05, 3.63) is 71.0 Å². The fraction of sp³-hybridized carbons (Fsp3) is 0.0588. The third kappa shape index (κ3) is 3.47. The molecule has 0 saturated carbocycles. The monoisotopic (exact) mass is 338 g/mol. The number of amides is 1. The van der Waals surface area contributed by atoms with Gasteiger partial charge in [0.15, 0.2) is 0 Å². The fourth-order valence-corrected chi connectivity index (χ4v) is 2.23. The summed E-state index contributed by atoms with van der Waals surface area (Å²) >= 11 is 0. The number of H-pyrrole nitrogens is 1. The number of hydrogen-bond acceptors (Lipinski definition) is 5. The number of hydrogen-bond donors (Lipinski definition) is 2. The van der Waals surface area contributed by atoms with E-state index in [0.29, 0.717) is 11.4 Å². The van der Waals surface area contributed by atoms with Crippen molar-refractivity contribution in [3.63, 3.8) is 0 Å². The fourth-order valence-electron chi connectivity index (χ4n) is 2.23. The first-order valence-electron chi connectivity index (χ1n) is 7.30. The molecule has 0 fully saturated rings. The number of methoxy groups -OCH3 is 1. The summed E-state index contributed by atoms with van der Waals surface area (Å²) in [5.74, 6) is -0.456. The molecule has 0 aliphatic heterocycles. The van der Waals surface area contributed by atoms with Gasteiger partial charge in [0.05, 0.1) is 7.11 Å². The van der Waals surface area contributed by atoms with Crippen LogP contribution in [0.3, 0.4) is 0 Å². The first-order valence-corrected chi connectivity index (χ1v) is 7.30. The van der Waals surface area contributed by atoms with Crippen LogP contribution < -0.4 is 10.9 Å². The minimum absolute atomic E-state index is 0.0192. The average molecular weight is 338 g/mol. The lowest BCUT2D eigenvalue weighted by molar-refractivity contribution is 0.0958. The zero-order valence-electron chi connectivity index (χ0n) is 13.2. The molecule has 0 aliphatic carbocycles. The largest absolute Gasteiger partial charge is 0.453 e. The highest BCUT2D eigenvalue weighted by molar-refractivity contribution is 5.95. The van der Waals surface area contributed by atoms with Gasteiger partial charge in [-0.15, -0.1) is 0 Å². The van der Waals surface area contributed by atoms with E-state index in [2.05, 4.69) is 20.0 Å². The Morgan fingerprint density at radius 1 is 1.16 bits per heavy atom. The summed E-state index contributed by atoms with van der Waals surface area (Å²) in [5.41, 5.74) is 1.37. The second-order valence-electron chi connectivity index (χ2n) is 5.08. The molecule has 1 amide bonds. The number of benzene rings is 1.